The zero-order valence-electron chi connectivity index (χ0n) is 37.4. The molecule has 0 atom stereocenters. The van der Waals surface area contributed by atoms with Gasteiger partial charge in [0.2, 0.25) is 0 Å². The third-order valence-electron chi connectivity index (χ3n) is 11.9. The Morgan fingerprint density at radius 2 is 0.986 bits per heavy atom. The van der Waals surface area contributed by atoms with E-state index in [1.807, 2.05) is 79.7 Å². The number of fused-ring (bicyclic) bond motifs is 2. The van der Waals surface area contributed by atoms with E-state index >= 15 is 0 Å². The molecule has 0 saturated carbocycles. The molecule has 6 heterocycles. The number of Topliss-reactive ketones (excluding diaryl/α,β-unsaturated/α-hetero) is 1. The van der Waals surface area contributed by atoms with E-state index in [0.717, 1.165) is 78.7 Å². The number of aromatic nitrogens is 6. The zero-order chi connectivity index (χ0) is 48.5. The molecular formula is C50H45F3N8O7S. The van der Waals surface area contributed by atoms with Gasteiger partial charge in [0.25, 0.3) is 9.84 Å². The van der Waals surface area contributed by atoms with E-state index in [9.17, 15) is 36.3 Å². The highest BCUT2D eigenvalue weighted by atomic mass is 32.2. The SMILES string of the molecule is Cc1nn(-c2ccccc2)c2nc(C(=O)CS(=O)(=O)C(F)(F)F)cc(-c3ccc(N4CCOCC4)cc3)c12.Cc1nn(-c2ccccc2)c2nc(C(=O)O)cc(-c3ccc(N4CCOCC4)cc3)c12. The first-order chi connectivity index (χ1) is 33.2. The van der Waals surface area contributed by atoms with E-state index in [1.54, 1.807) is 41.9 Å². The van der Waals surface area contributed by atoms with Gasteiger partial charge in [-0.3, -0.25) is 4.79 Å². The van der Waals surface area contributed by atoms with E-state index in [0.29, 0.717) is 46.8 Å². The monoisotopic (exact) mass is 958 g/mol. The Hall–Kier alpha value is -7.48. The van der Waals surface area contributed by atoms with Crippen LogP contribution >= 0.6 is 0 Å². The summed E-state index contributed by atoms with van der Waals surface area (Å²) in [4.78, 5) is 37.9. The fraction of sp³-hybridized carbons (Fsp3) is 0.240. The van der Waals surface area contributed by atoms with Gasteiger partial charge in [0, 0.05) is 37.6 Å². The van der Waals surface area contributed by atoms with Crippen molar-refractivity contribution in [2.75, 3.05) is 68.2 Å². The van der Waals surface area contributed by atoms with Crippen molar-refractivity contribution >= 4 is 55.0 Å². The van der Waals surface area contributed by atoms with Gasteiger partial charge in [-0.2, -0.15) is 23.4 Å². The molecule has 8 aromatic rings. The fourth-order valence-corrected chi connectivity index (χ4v) is 9.12. The number of nitrogens with zero attached hydrogens (tertiary/aromatic N) is 8. The van der Waals surface area contributed by atoms with E-state index in [4.69, 9.17) is 9.47 Å². The first-order valence-electron chi connectivity index (χ1n) is 22.0. The maximum atomic E-state index is 13.0. The number of ether oxygens (including phenoxy) is 2. The molecule has 0 amide bonds. The van der Waals surface area contributed by atoms with E-state index < -0.39 is 38.5 Å². The predicted molar refractivity (Wildman–Crippen MR) is 255 cm³/mol. The van der Waals surface area contributed by atoms with Crippen molar-refractivity contribution in [2.24, 2.45) is 0 Å². The summed E-state index contributed by atoms with van der Waals surface area (Å²) in [6, 6.07) is 37.3. The number of carboxylic acids is 1. The number of sulfone groups is 1. The number of carboxylic acid groups (broad SMARTS) is 1. The van der Waals surface area contributed by atoms with Crippen LogP contribution in [0.25, 0.3) is 55.7 Å². The summed E-state index contributed by atoms with van der Waals surface area (Å²) < 4.78 is 76.5. The minimum Gasteiger partial charge on any atom is -0.477 e. The van der Waals surface area contributed by atoms with Gasteiger partial charge < -0.3 is 24.4 Å². The maximum Gasteiger partial charge on any atom is 0.497 e. The van der Waals surface area contributed by atoms with Gasteiger partial charge in [0.1, 0.15) is 11.4 Å². The number of aromatic carboxylic acids is 1. The molecular weight excluding hydrogens is 914 g/mol. The van der Waals surface area contributed by atoms with Crippen molar-refractivity contribution in [3.05, 3.63) is 144 Å². The Labute approximate surface area is 394 Å². The van der Waals surface area contributed by atoms with Crippen molar-refractivity contribution < 1.29 is 45.8 Å². The summed E-state index contributed by atoms with van der Waals surface area (Å²) in [5, 5.41) is 20.4. The van der Waals surface area contributed by atoms with Crippen LogP contribution in [0.4, 0.5) is 24.5 Å². The van der Waals surface area contributed by atoms with Gasteiger partial charge >= 0.3 is 11.5 Å². The van der Waals surface area contributed by atoms with E-state index in [-0.39, 0.29) is 11.3 Å². The van der Waals surface area contributed by atoms with Gasteiger partial charge in [0.15, 0.2) is 22.8 Å². The number of hydrogen-bond donors (Lipinski definition) is 1. The highest BCUT2D eigenvalue weighted by Gasteiger charge is 2.47. The molecule has 2 aliphatic heterocycles. The lowest BCUT2D eigenvalue weighted by molar-refractivity contribution is -0.0434. The number of carbonyl (C=O) groups is 2. The number of rotatable bonds is 10. The summed E-state index contributed by atoms with van der Waals surface area (Å²) in [5.41, 5.74) is 2.72. The number of benzene rings is 4. The number of carbonyl (C=O) groups excluding carboxylic acids is 1. The molecule has 1 N–H and O–H groups in total. The first-order valence-corrected chi connectivity index (χ1v) is 23.7. The van der Waals surface area contributed by atoms with Crippen LogP contribution in [0.15, 0.2) is 121 Å². The molecule has 0 aliphatic carbocycles. The first kappa shape index (κ1) is 46.6. The van der Waals surface area contributed by atoms with Crippen molar-refractivity contribution in [2.45, 2.75) is 19.4 Å². The molecule has 10 rings (SSSR count). The normalized spacial score (nSPS) is 14.4. The lowest BCUT2D eigenvalue weighted by Gasteiger charge is -2.29. The Morgan fingerprint density at radius 3 is 1.38 bits per heavy atom. The smallest absolute Gasteiger partial charge is 0.477 e. The second-order valence-corrected chi connectivity index (χ2v) is 18.4. The average Bonchev–Trinajstić information content (AvgIpc) is 3.90. The number of hydrogen-bond acceptors (Lipinski definition) is 12. The number of halogens is 3. The van der Waals surface area contributed by atoms with Crippen LogP contribution in [0.3, 0.4) is 0 Å². The number of aryl methyl sites for hydroxylation is 2. The molecule has 15 nitrogen and oxygen atoms in total. The Morgan fingerprint density at radius 1 is 0.594 bits per heavy atom. The lowest BCUT2D eigenvalue weighted by atomic mass is 10.00. The van der Waals surface area contributed by atoms with Gasteiger partial charge in [-0.25, -0.2) is 32.5 Å². The minimum absolute atomic E-state index is 0.00293. The largest absolute Gasteiger partial charge is 0.497 e. The average molecular weight is 959 g/mol. The second-order valence-electron chi connectivity index (χ2n) is 16.4. The quantitative estimate of drug-likeness (QED) is 0.130. The number of morpholine rings is 2. The number of alkyl halides is 3. The molecule has 2 aliphatic rings. The highest BCUT2D eigenvalue weighted by Crippen LogP contribution is 2.36. The van der Waals surface area contributed by atoms with Crippen LogP contribution in [0.1, 0.15) is 32.4 Å². The van der Waals surface area contributed by atoms with Crippen molar-refractivity contribution in [1.82, 2.24) is 29.5 Å². The number of pyridine rings is 2. The van der Waals surface area contributed by atoms with E-state index in [2.05, 4.69) is 42.1 Å². The van der Waals surface area contributed by atoms with Crippen molar-refractivity contribution in [3.63, 3.8) is 0 Å². The van der Waals surface area contributed by atoms with Crippen LogP contribution in [-0.4, -0.2) is 119 Å². The van der Waals surface area contributed by atoms with Crippen LogP contribution in [0.5, 0.6) is 0 Å². The molecule has 0 unspecified atom stereocenters. The van der Waals surface area contributed by atoms with Gasteiger partial charge in [0.05, 0.1) is 60.0 Å². The molecule has 0 spiro atoms. The van der Waals surface area contributed by atoms with E-state index in [1.165, 1.54) is 10.7 Å². The number of anilines is 2. The summed E-state index contributed by atoms with van der Waals surface area (Å²) >= 11 is 0. The third kappa shape index (κ3) is 9.65. The lowest BCUT2D eigenvalue weighted by Crippen LogP contribution is -2.36. The topological polar surface area (TPSA) is 175 Å². The molecule has 69 heavy (non-hydrogen) atoms. The number of para-hydroxylation sites is 2. The highest BCUT2D eigenvalue weighted by molar-refractivity contribution is 7.93. The van der Waals surface area contributed by atoms with Gasteiger partial charge in [-0.15, -0.1) is 0 Å². The van der Waals surface area contributed by atoms with Crippen molar-refractivity contribution in [1.29, 1.82) is 0 Å². The molecule has 0 bridgehead atoms. The summed E-state index contributed by atoms with van der Waals surface area (Å²) in [5.74, 6) is -4.05. The van der Waals surface area contributed by atoms with Crippen LogP contribution in [0.2, 0.25) is 0 Å². The molecule has 4 aromatic heterocycles. The zero-order valence-corrected chi connectivity index (χ0v) is 38.2. The van der Waals surface area contributed by atoms with Gasteiger partial charge in [-0.1, -0.05) is 60.7 Å². The molecule has 354 valence electrons. The molecule has 4 aromatic carbocycles. The Bertz CT molecular complexity index is 3280. The standard InChI is InChI=1S/C26H23F3N4O4S.C24H22N4O3/c1-17-24-21(18-7-9-19(10-8-18)32-11-13-37-14-12-32)15-22(23(34)16-38(35,36)26(27,28)29)30-25(24)33(31-17)20-5-3-2-4-6-20;1-16-22-20(17-7-9-18(10-8-17)27-11-13-31-14-12-27)15-21(24(29)30)25-23(22)28(26-16)19-5-3-2-4-6-19/h2-10,15H,11-14,16H2,1H3;2-10,15H,11-14H2,1H3,(H,29,30). The van der Waals surface area contributed by atoms with Crippen LogP contribution in [0, 0.1) is 13.8 Å². The molecule has 0 radical (unpaired) electrons. The fourth-order valence-electron chi connectivity index (χ4n) is 8.46. The minimum atomic E-state index is -5.68. The summed E-state index contributed by atoms with van der Waals surface area (Å²) in [6.07, 6.45) is 0. The van der Waals surface area contributed by atoms with Gasteiger partial charge in [-0.05, 0) is 96.8 Å². The summed E-state index contributed by atoms with van der Waals surface area (Å²) in [7, 11) is -5.68. The second kappa shape index (κ2) is 19.3. The Kier molecular flexibility index (Phi) is 13.0. The van der Waals surface area contributed by atoms with Crippen LogP contribution in [-0.2, 0) is 19.3 Å². The molecule has 19 heteroatoms. The molecule has 2 saturated heterocycles. The third-order valence-corrected chi connectivity index (χ3v) is 13.3. The Balaban J connectivity index is 0.000000175. The van der Waals surface area contributed by atoms with Crippen LogP contribution < -0.4 is 9.80 Å². The van der Waals surface area contributed by atoms with Crippen molar-refractivity contribution in [3.8, 4) is 33.6 Å². The number of ketones is 1. The molecule has 2 fully saturated rings. The summed E-state index contributed by atoms with van der Waals surface area (Å²) in [6.45, 7) is 9.62. The maximum absolute atomic E-state index is 13.0. The predicted octanol–water partition coefficient (Wildman–Crippen LogP) is 8.28.